The van der Waals surface area contributed by atoms with Crippen molar-refractivity contribution >= 4 is 52.9 Å². The maximum absolute atomic E-state index is 12.0. The Balaban J connectivity index is 1.52. The van der Waals surface area contributed by atoms with Crippen LogP contribution in [0.3, 0.4) is 0 Å². The molecule has 0 aliphatic carbocycles. The van der Waals surface area contributed by atoms with E-state index in [0.717, 1.165) is 0 Å². The van der Waals surface area contributed by atoms with Crippen LogP contribution in [0.1, 0.15) is 15.9 Å². The molecule has 0 spiro atoms. The van der Waals surface area contributed by atoms with E-state index < -0.39 is 17.8 Å². The Labute approximate surface area is 187 Å². The first-order chi connectivity index (χ1) is 14.9. The summed E-state index contributed by atoms with van der Waals surface area (Å²) in [6, 6.07) is 19.7. The maximum Gasteiger partial charge on any atom is 0.343 e. The molecule has 0 radical (unpaired) electrons. The molecule has 0 unspecified atom stereocenters. The molecule has 0 aliphatic rings. The van der Waals surface area contributed by atoms with Crippen LogP contribution in [-0.4, -0.2) is 24.0 Å². The largest absolute Gasteiger partial charge is 0.423 e. The monoisotopic (exact) mass is 455 g/mol. The van der Waals surface area contributed by atoms with E-state index in [0.29, 0.717) is 16.9 Å². The van der Waals surface area contributed by atoms with Crippen LogP contribution in [0.15, 0.2) is 77.9 Å². The number of amides is 2. The number of nitrogens with one attached hydrogen (secondary N) is 2. The average Bonchev–Trinajstić information content (AvgIpc) is 2.78. The summed E-state index contributed by atoms with van der Waals surface area (Å²) in [6.45, 7) is 0. The van der Waals surface area contributed by atoms with E-state index in [1.165, 1.54) is 12.3 Å². The van der Waals surface area contributed by atoms with Crippen LogP contribution in [0.2, 0.25) is 10.0 Å². The van der Waals surface area contributed by atoms with E-state index in [4.69, 9.17) is 27.9 Å². The molecule has 0 aromatic heterocycles. The fraction of sp³-hybridized carbons (Fsp3) is 0. The number of halogens is 2. The van der Waals surface area contributed by atoms with E-state index in [9.17, 15) is 14.4 Å². The highest BCUT2D eigenvalue weighted by Crippen LogP contribution is 2.29. The van der Waals surface area contributed by atoms with E-state index in [1.54, 1.807) is 66.7 Å². The zero-order valence-electron chi connectivity index (χ0n) is 15.8. The first kappa shape index (κ1) is 22.0. The lowest BCUT2D eigenvalue weighted by molar-refractivity contribution is -0.136. The summed E-state index contributed by atoms with van der Waals surface area (Å²) in [5, 5.41) is 6.45. The maximum atomic E-state index is 12.0. The third-order valence-corrected chi connectivity index (χ3v) is 4.70. The lowest BCUT2D eigenvalue weighted by Gasteiger charge is -2.07. The quantitative estimate of drug-likeness (QED) is 0.197. The number of carbonyl (C=O) groups excluding carboxylic acids is 3. The zero-order valence-corrected chi connectivity index (χ0v) is 17.4. The lowest BCUT2D eigenvalue weighted by atomic mass is 10.2. The molecule has 2 amide bonds. The van der Waals surface area contributed by atoms with Gasteiger partial charge in [-0.05, 0) is 54.1 Å². The first-order valence-electron chi connectivity index (χ1n) is 8.90. The summed E-state index contributed by atoms with van der Waals surface area (Å²) in [7, 11) is 0. The highest BCUT2D eigenvalue weighted by atomic mass is 35.5. The number of anilines is 1. The molecule has 0 atom stereocenters. The molecule has 3 aromatic rings. The number of esters is 1. The molecule has 0 aliphatic heterocycles. The minimum atomic E-state index is -0.985. The fourth-order valence-electron chi connectivity index (χ4n) is 2.36. The van der Waals surface area contributed by atoms with Crippen molar-refractivity contribution < 1.29 is 19.1 Å². The van der Waals surface area contributed by atoms with Gasteiger partial charge >= 0.3 is 17.8 Å². The van der Waals surface area contributed by atoms with Crippen molar-refractivity contribution in [3.05, 3.63) is 94.0 Å². The standard InChI is InChI=1S/C22H15Cl2N3O4/c23-17-7-4-8-18(19(17)24)26-20(28)21(29)27-25-13-14-9-11-16(12-10-14)31-22(30)15-5-2-1-3-6-15/h1-13H,(H,26,28)(H,27,29)/b25-13+. The Morgan fingerprint density at radius 3 is 2.26 bits per heavy atom. The van der Waals surface area contributed by atoms with Gasteiger partial charge in [-0.15, -0.1) is 0 Å². The van der Waals surface area contributed by atoms with Gasteiger partial charge in [0.25, 0.3) is 0 Å². The highest BCUT2D eigenvalue weighted by Gasteiger charge is 2.15. The van der Waals surface area contributed by atoms with Crippen LogP contribution in [0.25, 0.3) is 0 Å². The SMILES string of the molecule is O=C(N/N=C/c1ccc(OC(=O)c2ccccc2)cc1)C(=O)Nc1cccc(Cl)c1Cl. The summed E-state index contributed by atoms with van der Waals surface area (Å²) in [5.74, 6) is -2.06. The van der Waals surface area contributed by atoms with Crippen molar-refractivity contribution in [3.8, 4) is 5.75 Å². The number of carbonyl (C=O) groups is 3. The molecule has 0 bridgehead atoms. The van der Waals surface area contributed by atoms with Crippen LogP contribution in [-0.2, 0) is 9.59 Å². The van der Waals surface area contributed by atoms with Gasteiger partial charge in [-0.3, -0.25) is 9.59 Å². The Morgan fingerprint density at radius 2 is 1.55 bits per heavy atom. The fourth-order valence-corrected chi connectivity index (χ4v) is 2.71. The van der Waals surface area contributed by atoms with E-state index in [2.05, 4.69) is 15.8 Å². The molecule has 0 fully saturated rings. The van der Waals surface area contributed by atoms with Crippen molar-refractivity contribution in [1.82, 2.24) is 5.43 Å². The van der Waals surface area contributed by atoms with E-state index in [1.807, 2.05) is 0 Å². The molecular weight excluding hydrogens is 441 g/mol. The number of ether oxygens (including phenoxy) is 1. The molecule has 3 rings (SSSR count). The molecule has 3 aromatic carbocycles. The third kappa shape index (κ3) is 6.15. The van der Waals surface area contributed by atoms with Crippen molar-refractivity contribution in [1.29, 1.82) is 0 Å². The third-order valence-electron chi connectivity index (χ3n) is 3.89. The Morgan fingerprint density at radius 1 is 0.839 bits per heavy atom. The van der Waals surface area contributed by atoms with E-state index >= 15 is 0 Å². The van der Waals surface area contributed by atoms with Gasteiger partial charge in [-0.1, -0.05) is 47.5 Å². The molecule has 2 N–H and O–H groups in total. The van der Waals surface area contributed by atoms with E-state index in [-0.39, 0.29) is 15.7 Å². The van der Waals surface area contributed by atoms with Gasteiger partial charge in [0.1, 0.15) is 5.75 Å². The smallest absolute Gasteiger partial charge is 0.343 e. The topological polar surface area (TPSA) is 96.9 Å². The number of benzene rings is 3. The second-order valence-corrected chi connectivity index (χ2v) is 6.86. The lowest BCUT2D eigenvalue weighted by Crippen LogP contribution is -2.32. The molecule has 31 heavy (non-hydrogen) atoms. The summed E-state index contributed by atoms with van der Waals surface area (Å²) < 4.78 is 5.28. The summed E-state index contributed by atoms with van der Waals surface area (Å²) in [4.78, 5) is 35.8. The zero-order chi connectivity index (χ0) is 22.2. The molecular formula is C22H15Cl2N3O4. The first-order valence-corrected chi connectivity index (χ1v) is 9.65. The second-order valence-electron chi connectivity index (χ2n) is 6.08. The van der Waals surface area contributed by atoms with Crippen molar-refractivity contribution in [3.63, 3.8) is 0 Å². The van der Waals surface area contributed by atoms with Gasteiger partial charge in [0, 0.05) is 0 Å². The minimum Gasteiger partial charge on any atom is -0.423 e. The van der Waals surface area contributed by atoms with Gasteiger partial charge in [0.05, 0.1) is 27.5 Å². The number of hydrazone groups is 1. The van der Waals surface area contributed by atoms with Crippen LogP contribution >= 0.6 is 23.2 Å². The van der Waals surface area contributed by atoms with Crippen molar-refractivity contribution in [2.45, 2.75) is 0 Å². The van der Waals surface area contributed by atoms with Crippen LogP contribution in [0.5, 0.6) is 5.75 Å². The normalized spacial score (nSPS) is 10.5. The molecule has 0 heterocycles. The van der Waals surface area contributed by atoms with Gasteiger partial charge < -0.3 is 10.1 Å². The Hall–Kier alpha value is -3.68. The van der Waals surface area contributed by atoms with Gasteiger partial charge in [0.15, 0.2) is 0 Å². The van der Waals surface area contributed by atoms with Gasteiger partial charge in [-0.2, -0.15) is 5.10 Å². The predicted molar refractivity (Wildman–Crippen MR) is 119 cm³/mol. The molecule has 0 saturated heterocycles. The molecule has 0 saturated carbocycles. The molecule has 7 nitrogen and oxygen atoms in total. The average molecular weight is 456 g/mol. The summed E-state index contributed by atoms with van der Waals surface area (Å²) in [5.41, 5.74) is 3.37. The molecule has 156 valence electrons. The summed E-state index contributed by atoms with van der Waals surface area (Å²) >= 11 is 11.8. The second kappa shape index (κ2) is 10.4. The molecule has 9 heteroatoms. The number of hydrogen-bond donors (Lipinski definition) is 2. The Kier molecular flexibility index (Phi) is 7.37. The van der Waals surface area contributed by atoms with Crippen molar-refractivity contribution in [2.24, 2.45) is 5.10 Å². The summed E-state index contributed by atoms with van der Waals surface area (Å²) in [6.07, 6.45) is 1.33. The Bertz CT molecular complexity index is 1130. The van der Waals surface area contributed by atoms with Crippen molar-refractivity contribution in [2.75, 3.05) is 5.32 Å². The van der Waals surface area contributed by atoms with Gasteiger partial charge in [0.2, 0.25) is 0 Å². The number of rotatable bonds is 5. The van der Waals surface area contributed by atoms with Crippen LogP contribution in [0.4, 0.5) is 5.69 Å². The highest BCUT2D eigenvalue weighted by molar-refractivity contribution is 6.45. The van der Waals surface area contributed by atoms with Crippen LogP contribution < -0.4 is 15.5 Å². The number of nitrogens with zero attached hydrogens (tertiary/aromatic N) is 1. The van der Waals surface area contributed by atoms with Crippen LogP contribution in [0, 0.1) is 0 Å². The predicted octanol–water partition coefficient (Wildman–Crippen LogP) is 4.30. The van der Waals surface area contributed by atoms with Gasteiger partial charge in [-0.25, -0.2) is 10.2 Å². The number of hydrogen-bond acceptors (Lipinski definition) is 5. The minimum absolute atomic E-state index is 0.127.